The summed E-state index contributed by atoms with van der Waals surface area (Å²) in [5.74, 6) is -4.89. The summed E-state index contributed by atoms with van der Waals surface area (Å²) in [7, 11) is 0. The van der Waals surface area contributed by atoms with Crippen molar-refractivity contribution in [1.82, 2.24) is 16.0 Å². The number of hydrogen-bond acceptors (Lipinski definition) is 7. The van der Waals surface area contributed by atoms with Crippen molar-refractivity contribution in [2.24, 2.45) is 17.4 Å². The molecule has 0 heterocycles. The van der Waals surface area contributed by atoms with Crippen molar-refractivity contribution in [3.05, 3.63) is 0 Å². The molecular formula is C18H33N5O7. The first-order chi connectivity index (χ1) is 14.0. The number of rotatable bonds is 15. The van der Waals surface area contributed by atoms with Gasteiger partial charge in [0.05, 0.1) is 6.04 Å². The average Bonchev–Trinajstić information content (AvgIpc) is 2.66. The minimum Gasteiger partial charge on any atom is -0.481 e. The van der Waals surface area contributed by atoms with Crippen molar-refractivity contribution < 1.29 is 34.2 Å². The van der Waals surface area contributed by atoms with Gasteiger partial charge in [0.2, 0.25) is 17.7 Å². The summed E-state index contributed by atoms with van der Waals surface area (Å²) in [5, 5.41) is 24.6. The standard InChI is InChI=1S/C18H33N5O7/c1-10(2)15(23-16(28)11(20)5-3-4-8-19)18(30)22-12(6-7-13(24)25)17(29)21-9-14(26)27/h10-12,15H,3-9,19-20H2,1-2H3,(H,21,29)(H,22,30)(H,23,28)(H,24,25)(H,26,27). The molecule has 0 aromatic heterocycles. The molecule has 0 aliphatic carbocycles. The maximum absolute atomic E-state index is 12.7. The Morgan fingerprint density at radius 2 is 1.50 bits per heavy atom. The molecule has 12 nitrogen and oxygen atoms in total. The molecule has 0 aliphatic heterocycles. The van der Waals surface area contributed by atoms with Gasteiger partial charge in [-0.05, 0) is 31.7 Å². The van der Waals surface area contributed by atoms with Crippen LogP contribution in [0.2, 0.25) is 0 Å². The van der Waals surface area contributed by atoms with Crippen molar-refractivity contribution in [3.8, 4) is 0 Å². The summed E-state index contributed by atoms with van der Waals surface area (Å²) >= 11 is 0. The van der Waals surface area contributed by atoms with Crippen molar-refractivity contribution in [2.75, 3.05) is 13.1 Å². The highest BCUT2D eigenvalue weighted by molar-refractivity contribution is 5.94. The molecule has 3 unspecified atom stereocenters. The van der Waals surface area contributed by atoms with Crippen LogP contribution in [-0.4, -0.2) is 71.1 Å². The molecule has 0 spiro atoms. The normalized spacial score (nSPS) is 13.8. The van der Waals surface area contributed by atoms with E-state index in [1.54, 1.807) is 13.8 Å². The van der Waals surface area contributed by atoms with E-state index in [9.17, 15) is 24.0 Å². The Morgan fingerprint density at radius 1 is 0.867 bits per heavy atom. The Balaban J connectivity index is 5.12. The Kier molecular flexibility index (Phi) is 13.0. The molecular weight excluding hydrogens is 398 g/mol. The number of nitrogens with one attached hydrogen (secondary N) is 3. The highest BCUT2D eigenvalue weighted by atomic mass is 16.4. The van der Waals surface area contributed by atoms with Crippen molar-refractivity contribution in [2.45, 2.75) is 64.1 Å². The van der Waals surface area contributed by atoms with Crippen LogP contribution in [-0.2, 0) is 24.0 Å². The molecule has 0 bridgehead atoms. The van der Waals surface area contributed by atoms with Crippen molar-refractivity contribution in [3.63, 3.8) is 0 Å². The number of carboxylic acids is 2. The van der Waals surface area contributed by atoms with Crippen LogP contribution >= 0.6 is 0 Å². The van der Waals surface area contributed by atoms with E-state index in [1.165, 1.54) is 0 Å². The molecule has 0 saturated carbocycles. The van der Waals surface area contributed by atoms with Crippen molar-refractivity contribution in [1.29, 1.82) is 0 Å². The highest BCUT2D eigenvalue weighted by Gasteiger charge is 2.30. The Hall–Kier alpha value is -2.73. The molecule has 0 saturated heterocycles. The summed E-state index contributed by atoms with van der Waals surface area (Å²) in [6, 6.07) is -3.12. The van der Waals surface area contributed by atoms with Gasteiger partial charge in [0.15, 0.2) is 0 Å². The number of carbonyl (C=O) groups is 5. The molecule has 9 N–H and O–H groups in total. The quantitative estimate of drug-likeness (QED) is 0.144. The predicted molar refractivity (Wildman–Crippen MR) is 107 cm³/mol. The second kappa shape index (κ2) is 14.3. The molecule has 0 aromatic rings. The zero-order chi connectivity index (χ0) is 23.3. The van der Waals surface area contributed by atoms with Crippen LogP contribution in [0.3, 0.4) is 0 Å². The summed E-state index contributed by atoms with van der Waals surface area (Å²) in [4.78, 5) is 58.6. The van der Waals surface area contributed by atoms with E-state index in [2.05, 4.69) is 16.0 Å². The minimum absolute atomic E-state index is 0.246. The third-order valence-electron chi connectivity index (χ3n) is 4.25. The molecule has 12 heteroatoms. The van der Waals surface area contributed by atoms with E-state index in [4.69, 9.17) is 21.7 Å². The third kappa shape index (κ3) is 11.3. The van der Waals surface area contributed by atoms with Crippen LogP contribution in [0.4, 0.5) is 0 Å². The first kappa shape index (κ1) is 27.3. The van der Waals surface area contributed by atoms with Gasteiger partial charge < -0.3 is 37.6 Å². The first-order valence-corrected chi connectivity index (χ1v) is 9.77. The fraction of sp³-hybridized carbons (Fsp3) is 0.722. The predicted octanol–water partition coefficient (Wildman–Crippen LogP) is -1.87. The molecule has 0 fully saturated rings. The third-order valence-corrected chi connectivity index (χ3v) is 4.25. The summed E-state index contributed by atoms with van der Waals surface area (Å²) < 4.78 is 0. The first-order valence-electron chi connectivity index (χ1n) is 9.77. The Morgan fingerprint density at radius 3 is 2.00 bits per heavy atom. The maximum Gasteiger partial charge on any atom is 0.322 e. The Bertz CT molecular complexity index is 612. The number of aliphatic carboxylic acids is 2. The van der Waals surface area contributed by atoms with Gasteiger partial charge in [0, 0.05) is 6.42 Å². The largest absolute Gasteiger partial charge is 0.481 e. The molecule has 3 atom stereocenters. The van der Waals surface area contributed by atoms with E-state index >= 15 is 0 Å². The van der Waals surface area contributed by atoms with Gasteiger partial charge in [-0.25, -0.2) is 0 Å². The number of carboxylic acid groups (broad SMARTS) is 2. The number of amides is 3. The van der Waals surface area contributed by atoms with Gasteiger partial charge in [-0.3, -0.25) is 24.0 Å². The number of carbonyl (C=O) groups excluding carboxylic acids is 3. The van der Waals surface area contributed by atoms with Crippen LogP contribution in [0.1, 0.15) is 46.0 Å². The lowest BCUT2D eigenvalue weighted by atomic mass is 10.0. The number of unbranched alkanes of at least 4 members (excludes halogenated alkanes) is 1. The lowest BCUT2D eigenvalue weighted by molar-refractivity contribution is -0.140. The van der Waals surface area contributed by atoms with Crippen LogP contribution in [0.5, 0.6) is 0 Å². The lowest BCUT2D eigenvalue weighted by Crippen LogP contribution is -2.57. The van der Waals surface area contributed by atoms with Gasteiger partial charge >= 0.3 is 11.9 Å². The summed E-state index contributed by atoms with van der Waals surface area (Å²) in [6.45, 7) is 3.16. The van der Waals surface area contributed by atoms with Crippen LogP contribution in [0.15, 0.2) is 0 Å². The number of nitrogens with two attached hydrogens (primary N) is 2. The summed E-state index contributed by atoms with van der Waals surface area (Å²) in [5.41, 5.74) is 11.2. The van der Waals surface area contributed by atoms with E-state index in [-0.39, 0.29) is 12.3 Å². The van der Waals surface area contributed by atoms with E-state index < -0.39 is 60.8 Å². The fourth-order valence-electron chi connectivity index (χ4n) is 2.52. The van der Waals surface area contributed by atoms with Crippen LogP contribution < -0.4 is 27.4 Å². The van der Waals surface area contributed by atoms with Gasteiger partial charge in [0.25, 0.3) is 0 Å². The zero-order valence-corrected chi connectivity index (χ0v) is 17.3. The molecule has 0 aromatic carbocycles. The van der Waals surface area contributed by atoms with Crippen LogP contribution in [0, 0.1) is 5.92 Å². The molecule has 3 amide bonds. The van der Waals surface area contributed by atoms with E-state index in [0.29, 0.717) is 25.8 Å². The molecule has 0 aliphatic rings. The monoisotopic (exact) mass is 431 g/mol. The highest BCUT2D eigenvalue weighted by Crippen LogP contribution is 2.07. The number of hydrogen-bond donors (Lipinski definition) is 7. The second-order valence-electron chi connectivity index (χ2n) is 7.23. The van der Waals surface area contributed by atoms with Gasteiger partial charge in [0.1, 0.15) is 18.6 Å². The topological polar surface area (TPSA) is 214 Å². The van der Waals surface area contributed by atoms with E-state index in [1.807, 2.05) is 0 Å². The van der Waals surface area contributed by atoms with Crippen molar-refractivity contribution >= 4 is 29.7 Å². The maximum atomic E-state index is 12.7. The van der Waals surface area contributed by atoms with E-state index in [0.717, 1.165) is 0 Å². The fourth-order valence-corrected chi connectivity index (χ4v) is 2.52. The Labute approximate surface area is 175 Å². The molecule has 0 radical (unpaired) electrons. The van der Waals surface area contributed by atoms with Gasteiger partial charge in [-0.15, -0.1) is 0 Å². The summed E-state index contributed by atoms with van der Waals surface area (Å²) in [6.07, 6.45) is 1.10. The molecule has 172 valence electrons. The minimum atomic E-state index is -1.29. The lowest BCUT2D eigenvalue weighted by Gasteiger charge is -2.26. The van der Waals surface area contributed by atoms with Gasteiger partial charge in [-0.2, -0.15) is 0 Å². The SMILES string of the molecule is CC(C)C(NC(=O)C(N)CCCCN)C(=O)NC(CCC(=O)O)C(=O)NCC(=O)O. The average molecular weight is 431 g/mol. The van der Waals surface area contributed by atoms with Gasteiger partial charge in [-0.1, -0.05) is 20.3 Å². The zero-order valence-electron chi connectivity index (χ0n) is 17.3. The second-order valence-corrected chi connectivity index (χ2v) is 7.23. The molecule has 0 rings (SSSR count). The smallest absolute Gasteiger partial charge is 0.322 e. The molecule has 30 heavy (non-hydrogen) atoms. The van der Waals surface area contributed by atoms with Crippen LogP contribution in [0.25, 0.3) is 0 Å².